The van der Waals surface area contributed by atoms with E-state index in [2.05, 4.69) is 41.8 Å². The van der Waals surface area contributed by atoms with Gasteiger partial charge in [-0.3, -0.25) is 9.69 Å². The van der Waals surface area contributed by atoms with Gasteiger partial charge in [-0.25, -0.2) is 8.78 Å². The van der Waals surface area contributed by atoms with Gasteiger partial charge in [-0.1, -0.05) is 19.9 Å². The number of piperidine rings is 2. The molecule has 0 saturated carbocycles. The Labute approximate surface area is 211 Å². The van der Waals surface area contributed by atoms with Gasteiger partial charge in [-0.05, 0) is 71.9 Å². The van der Waals surface area contributed by atoms with Crippen molar-refractivity contribution < 1.29 is 13.6 Å². The maximum Gasteiger partial charge on any atom is 0.250 e. The van der Waals surface area contributed by atoms with Gasteiger partial charge >= 0.3 is 0 Å². The highest BCUT2D eigenvalue weighted by Crippen LogP contribution is 2.50. The Hall–Kier alpha value is -3.04. The summed E-state index contributed by atoms with van der Waals surface area (Å²) in [7, 11) is 0. The lowest BCUT2D eigenvalue weighted by Gasteiger charge is -2.42. The second-order valence-corrected chi connectivity index (χ2v) is 11.3. The van der Waals surface area contributed by atoms with Crippen molar-refractivity contribution in [3.63, 3.8) is 0 Å². The van der Waals surface area contributed by atoms with E-state index in [-0.39, 0.29) is 24.0 Å². The lowest BCUT2D eigenvalue weighted by atomic mass is 9.68. The fourth-order valence-electron chi connectivity index (χ4n) is 6.73. The Morgan fingerprint density at radius 1 is 0.972 bits per heavy atom. The number of carbonyl (C=O) groups is 1. The van der Waals surface area contributed by atoms with E-state index in [1.807, 2.05) is 18.2 Å². The molecular formula is C30H31F2N3O. The number of likely N-dealkylation sites (tertiary alicyclic amines) is 1. The van der Waals surface area contributed by atoms with Gasteiger partial charge in [0, 0.05) is 67.3 Å². The van der Waals surface area contributed by atoms with Crippen LogP contribution in [-0.2, 0) is 11.8 Å². The minimum atomic E-state index is -2.50. The Morgan fingerprint density at radius 3 is 2.36 bits per heavy atom. The largest absolute Gasteiger partial charge is 0.371 e. The number of alkyl halides is 2. The van der Waals surface area contributed by atoms with E-state index < -0.39 is 5.92 Å². The van der Waals surface area contributed by atoms with Crippen LogP contribution in [0.1, 0.15) is 72.1 Å². The van der Waals surface area contributed by atoms with Gasteiger partial charge < -0.3 is 4.90 Å². The van der Waals surface area contributed by atoms with E-state index in [9.17, 15) is 18.8 Å². The number of hydrogen-bond donors (Lipinski definition) is 0. The highest BCUT2D eigenvalue weighted by atomic mass is 19.3. The number of carbonyl (C=O) groups excluding carboxylic acids is 1. The van der Waals surface area contributed by atoms with Crippen molar-refractivity contribution in [3.8, 4) is 6.07 Å². The number of anilines is 1. The molecule has 2 aromatic carbocycles. The minimum Gasteiger partial charge on any atom is -0.371 e. The van der Waals surface area contributed by atoms with E-state index in [1.165, 1.54) is 0 Å². The van der Waals surface area contributed by atoms with Crippen LogP contribution in [0.25, 0.3) is 5.57 Å². The molecule has 0 atom stereocenters. The van der Waals surface area contributed by atoms with Gasteiger partial charge in [0.2, 0.25) is 0 Å². The van der Waals surface area contributed by atoms with Crippen LogP contribution >= 0.6 is 0 Å². The quantitative estimate of drug-likeness (QED) is 0.542. The van der Waals surface area contributed by atoms with Gasteiger partial charge in [-0.15, -0.1) is 0 Å². The number of ketones is 1. The Morgan fingerprint density at radius 2 is 1.67 bits per heavy atom. The molecule has 6 rings (SSSR count). The second-order valence-electron chi connectivity index (χ2n) is 11.3. The van der Waals surface area contributed by atoms with E-state index in [4.69, 9.17) is 0 Å². The van der Waals surface area contributed by atoms with Gasteiger partial charge in [0.15, 0.2) is 5.78 Å². The van der Waals surface area contributed by atoms with Crippen molar-refractivity contribution in [2.75, 3.05) is 31.1 Å². The molecule has 6 heteroatoms. The molecule has 2 fully saturated rings. The highest BCUT2D eigenvalue weighted by Gasteiger charge is 2.43. The maximum atomic E-state index is 13.7. The number of nitrogens with zero attached hydrogens (tertiary/aromatic N) is 3. The summed E-state index contributed by atoms with van der Waals surface area (Å²) < 4.78 is 27.1. The monoisotopic (exact) mass is 487 g/mol. The summed E-state index contributed by atoms with van der Waals surface area (Å²) in [4.78, 5) is 18.3. The molecule has 0 unspecified atom stereocenters. The summed E-state index contributed by atoms with van der Waals surface area (Å²) in [5.74, 6) is -2.42. The number of hydrogen-bond acceptors (Lipinski definition) is 4. The molecule has 0 radical (unpaired) electrons. The fourth-order valence-corrected chi connectivity index (χ4v) is 6.73. The Balaban J connectivity index is 1.23. The summed E-state index contributed by atoms with van der Waals surface area (Å²) >= 11 is 0. The second kappa shape index (κ2) is 8.24. The molecule has 2 aliphatic carbocycles. The molecule has 2 aromatic rings. The third-order valence-corrected chi connectivity index (χ3v) is 8.95. The number of halogens is 2. The van der Waals surface area contributed by atoms with Crippen LogP contribution in [0.5, 0.6) is 0 Å². The first-order chi connectivity index (χ1) is 17.2. The topological polar surface area (TPSA) is 47.3 Å². The average molecular weight is 488 g/mol. The van der Waals surface area contributed by atoms with E-state index in [0.717, 1.165) is 65.0 Å². The lowest BCUT2D eigenvalue weighted by Crippen LogP contribution is -2.49. The Kier molecular flexibility index (Phi) is 5.35. The zero-order valence-corrected chi connectivity index (χ0v) is 20.9. The molecule has 36 heavy (non-hydrogen) atoms. The summed E-state index contributed by atoms with van der Waals surface area (Å²) in [5, 5.41) is 9.32. The summed E-state index contributed by atoms with van der Waals surface area (Å²) in [6.07, 6.45) is 2.58. The van der Waals surface area contributed by atoms with Crippen molar-refractivity contribution in [1.29, 1.82) is 5.26 Å². The van der Waals surface area contributed by atoms with Crippen LogP contribution in [-0.4, -0.2) is 48.8 Å². The van der Waals surface area contributed by atoms with Crippen LogP contribution in [0.4, 0.5) is 14.5 Å². The van der Waals surface area contributed by atoms with Gasteiger partial charge in [0.1, 0.15) is 0 Å². The van der Waals surface area contributed by atoms with Crippen molar-refractivity contribution in [2.24, 2.45) is 0 Å². The SMILES string of the molecule is CC1(C)C2=C(C(=O)c3ccc(N4CCC(N5CCC(F)(F)CC5)CC4)cc31)c1ccc(C#N)cc1C2. The number of fused-ring (bicyclic) bond motifs is 3. The molecule has 0 amide bonds. The van der Waals surface area contributed by atoms with Crippen LogP contribution in [0, 0.1) is 11.3 Å². The first kappa shape index (κ1) is 23.4. The number of Topliss-reactive ketones (excluding diaryl/α,β-unsaturated/α-hetero) is 1. The third kappa shape index (κ3) is 3.67. The molecule has 0 aromatic heterocycles. The van der Waals surface area contributed by atoms with Crippen LogP contribution < -0.4 is 4.90 Å². The third-order valence-electron chi connectivity index (χ3n) is 8.95. The van der Waals surface area contributed by atoms with Crippen LogP contribution in [0.3, 0.4) is 0 Å². The van der Waals surface area contributed by atoms with Crippen LogP contribution in [0.15, 0.2) is 42.0 Å². The van der Waals surface area contributed by atoms with Crippen molar-refractivity contribution >= 4 is 17.0 Å². The summed E-state index contributed by atoms with van der Waals surface area (Å²) in [5.41, 5.74) is 7.28. The number of rotatable bonds is 2. The molecule has 4 aliphatic rings. The zero-order valence-electron chi connectivity index (χ0n) is 20.9. The number of benzene rings is 2. The maximum absolute atomic E-state index is 13.7. The summed E-state index contributed by atoms with van der Waals surface area (Å²) in [6, 6.07) is 14.5. The first-order valence-electron chi connectivity index (χ1n) is 13.0. The highest BCUT2D eigenvalue weighted by molar-refractivity contribution is 6.33. The molecule has 186 valence electrons. The molecule has 2 saturated heterocycles. The van der Waals surface area contributed by atoms with Gasteiger partial charge in [0.25, 0.3) is 5.92 Å². The average Bonchev–Trinajstić information content (AvgIpc) is 3.27. The van der Waals surface area contributed by atoms with Crippen molar-refractivity contribution in [1.82, 2.24) is 4.90 Å². The van der Waals surface area contributed by atoms with E-state index in [0.29, 0.717) is 31.1 Å². The number of allylic oxidation sites excluding steroid dienone is 2. The predicted octanol–water partition coefficient (Wildman–Crippen LogP) is 5.74. The van der Waals surface area contributed by atoms with Crippen molar-refractivity contribution in [2.45, 2.75) is 63.3 Å². The lowest BCUT2D eigenvalue weighted by molar-refractivity contribution is -0.0646. The minimum absolute atomic E-state index is 0.0271. The zero-order chi connectivity index (χ0) is 25.2. The molecule has 0 bridgehead atoms. The molecule has 0 spiro atoms. The molecule has 0 N–H and O–H groups in total. The van der Waals surface area contributed by atoms with Crippen LogP contribution in [0.2, 0.25) is 0 Å². The van der Waals surface area contributed by atoms with Crippen molar-refractivity contribution in [3.05, 3.63) is 69.8 Å². The molecule has 2 aliphatic heterocycles. The van der Waals surface area contributed by atoms with Gasteiger partial charge in [-0.2, -0.15) is 5.26 Å². The van der Waals surface area contributed by atoms with E-state index >= 15 is 0 Å². The predicted molar refractivity (Wildman–Crippen MR) is 137 cm³/mol. The molecule has 4 nitrogen and oxygen atoms in total. The first-order valence-corrected chi connectivity index (χ1v) is 13.0. The molecular weight excluding hydrogens is 456 g/mol. The van der Waals surface area contributed by atoms with E-state index in [1.54, 1.807) is 6.07 Å². The standard InChI is InChI=1S/C30H31F2N3O/c1-29(2)25-17-22(34-11-7-21(8-12-34)35-13-9-30(31,32)10-14-35)4-6-24(25)28(36)27-23-5-3-19(18-33)15-20(23)16-26(27)29/h3-6,15,17,21H,7-14,16H2,1-2H3. The Bertz CT molecular complexity index is 1320. The fraction of sp³-hybridized carbons (Fsp3) is 0.467. The normalized spacial score (nSPS) is 23.2. The summed E-state index contributed by atoms with van der Waals surface area (Å²) in [6.45, 7) is 7.16. The molecule has 2 heterocycles. The van der Waals surface area contributed by atoms with Gasteiger partial charge in [0.05, 0.1) is 11.6 Å². The smallest absolute Gasteiger partial charge is 0.250 e. The number of nitriles is 1.